The summed E-state index contributed by atoms with van der Waals surface area (Å²) in [6, 6.07) is 5.41. The zero-order valence-electron chi connectivity index (χ0n) is 11.8. The molecule has 20 heavy (non-hydrogen) atoms. The minimum atomic E-state index is -3.45. The standard InChI is InChI=1S/C13H21BrN2O2S2/c1-3-15-10-11-5-6-12(14)13(9-11)20(17,18)16-7-4-8-19-2/h5-6,9,15-16H,3-4,7-8,10H2,1-2H3. The molecule has 1 rings (SSSR count). The van der Waals surface area contributed by atoms with Crippen LogP contribution in [0.2, 0.25) is 0 Å². The molecule has 0 unspecified atom stereocenters. The second-order valence-corrected chi connectivity index (χ2v) is 7.86. The van der Waals surface area contributed by atoms with E-state index in [1.54, 1.807) is 23.9 Å². The Kier molecular flexibility index (Phi) is 8.13. The molecular formula is C13H21BrN2O2S2. The Bertz CT molecular complexity index is 521. The lowest BCUT2D eigenvalue weighted by Crippen LogP contribution is -2.25. The van der Waals surface area contributed by atoms with Gasteiger partial charge in [0.2, 0.25) is 10.0 Å². The van der Waals surface area contributed by atoms with Gasteiger partial charge in [-0.3, -0.25) is 0 Å². The van der Waals surface area contributed by atoms with Gasteiger partial charge in [-0.15, -0.1) is 0 Å². The first-order valence-electron chi connectivity index (χ1n) is 6.49. The molecule has 0 atom stereocenters. The van der Waals surface area contributed by atoms with Crippen molar-refractivity contribution in [1.82, 2.24) is 10.0 Å². The molecule has 0 aliphatic rings. The molecule has 0 amide bonds. The van der Waals surface area contributed by atoms with Crippen molar-refractivity contribution in [2.45, 2.75) is 24.8 Å². The Labute approximate surface area is 134 Å². The van der Waals surface area contributed by atoms with Crippen LogP contribution < -0.4 is 10.0 Å². The summed E-state index contributed by atoms with van der Waals surface area (Å²) in [5, 5.41) is 3.19. The Hall–Kier alpha value is -0.0800. The molecule has 0 heterocycles. The van der Waals surface area contributed by atoms with Crippen LogP contribution in [0.4, 0.5) is 0 Å². The minimum Gasteiger partial charge on any atom is -0.313 e. The summed E-state index contributed by atoms with van der Waals surface area (Å²) in [7, 11) is -3.45. The minimum absolute atomic E-state index is 0.303. The van der Waals surface area contributed by atoms with Gasteiger partial charge < -0.3 is 5.32 Å². The number of thioether (sulfide) groups is 1. The molecule has 0 aliphatic carbocycles. The maximum absolute atomic E-state index is 12.3. The lowest BCUT2D eigenvalue weighted by Gasteiger charge is -2.10. The quantitative estimate of drug-likeness (QED) is 0.646. The molecule has 0 radical (unpaired) electrons. The first-order valence-corrected chi connectivity index (χ1v) is 10.2. The molecule has 0 saturated heterocycles. The molecule has 0 fully saturated rings. The molecule has 0 bridgehead atoms. The van der Waals surface area contributed by atoms with Crippen LogP contribution in [-0.4, -0.2) is 33.5 Å². The summed E-state index contributed by atoms with van der Waals surface area (Å²) in [6.45, 7) is 4.00. The van der Waals surface area contributed by atoms with Crippen molar-refractivity contribution in [3.8, 4) is 0 Å². The van der Waals surface area contributed by atoms with E-state index in [1.807, 2.05) is 19.2 Å². The normalized spacial score (nSPS) is 11.8. The Morgan fingerprint density at radius 2 is 2.10 bits per heavy atom. The highest BCUT2D eigenvalue weighted by molar-refractivity contribution is 9.10. The molecule has 0 aliphatic heterocycles. The van der Waals surface area contributed by atoms with Crippen LogP contribution in [0.15, 0.2) is 27.6 Å². The predicted molar refractivity (Wildman–Crippen MR) is 89.7 cm³/mol. The van der Waals surface area contributed by atoms with Crippen LogP contribution >= 0.6 is 27.7 Å². The molecule has 0 aromatic heterocycles. The van der Waals surface area contributed by atoms with Crippen molar-refractivity contribution < 1.29 is 8.42 Å². The number of halogens is 1. The van der Waals surface area contributed by atoms with Gasteiger partial charge >= 0.3 is 0 Å². The number of rotatable bonds is 9. The molecule has 4 nitrogen and oxygen atoms in total. The average molecular weight is 381 g/mol. The fraction of sp³-hybridized carbons (Fsp3) is 0.538. The van der Waals surface area contributed by atoms with E-state index in [1.165, 1.54) is 0 Å². The van der Waals surface area contributed by atoms with Crippen LogP contribution in [0.25, 0.3) is 0 Å². The van der Waals surface area contributed by atoms with E-state index in [-0.39, 0.29) is 0 Å². The highest BCUT2D eigenvalue weighted by Crippen LogP contribution is 2.23. The third-order valence-corrected chi connectivity index (χ3v) is 5.83. The number of nitrogens with one attached hydrogen (secondary N) is 2. The van der Waals surface area contributed by atoms with Crippen LogP contribution in [0, 0.1) is 0 Å². The smallest absolute Gasteiger partial charge is 0.241 e. The number of hydrogen-bond acceptors (Lipinski definition) is 4. The lowest BCUT2D eigenvalue weighted by molar-refractivity contribution is 0.580. The first kappa shape index (κ1) is 18.0. The maximum atomic E-state index is 12.3. The number of sulfonamides is 1. The fourth-order valence-electron chi connectivity index (χ4n) is 1.63. The van der Waals surface area contributed by atoms with E-state index >= 15 is 0 Å². The summed E-state index contributed by atoms with van der Waals surface area (Å²) in [4.78, 5) is 0.303. The van der Waals surface area contributed by atoms with Crippen LogP contribution in [0.3, 0.4) is 0 Å². The summed E-state index contributed by atoms with van der Waals surface area (Å²) < 4.78 is 27.8. The van der Waals surface area contributed by atoms with E-state index in [2.05, 4.69) is 26.0 Å². The second-order valence-electron chi connectivity index (χ2n) is 4.29. The van der Waals surface area contributed by atoms with E-state index in [0.717, 1.165) is 24.3 Å². The summed E-state index contributed by atoms with van der Waals surface area (Å²) in [5.74, 6) is 0.949. The summed E-state index contributed by atoms with van der Waals surface area (Å²) in [6.07, 6.45) is 2.84. The monoisotopic (exact) mass is 380 g/mol. The van der Waals surface area contributed by atoms with Crippen molar-refractivity contribution in [2.24, 2.45) is 0 Å². The van der Waals surface area contributed by atoms with Gasteiger partial charge in [-0.1, -0.05) is 13.0 Å². The maximum Gasteiger partial charge on any atom is 0.241 e. The largest absolute Gasteiger partial charge is 0.313 e. The van der Waals surface area contributed by atoms with Crippen molar-refractivity contribution in [1.29, 1.82) is 0 Å². The van der Waals surface area contributed by atoms with Crippen LogP contribution in [0.1, 0.15) is 18.9 Å². The Morgan fingerprint density at radius 3 is 2.75 bits per heavy atom. The topological polar surface area (TPSA) is 58.2 Å². The molecule has 0 spiro atoms. The molecule has 2 N–H and O–H groups in total. The van der Waals surface area contributed by atoms with Gasteiger partial charge in [-0.2, -0.15) is 11.8 Å². The molecule has 1 aromatic rings. The lowest BCUT2D eigenvalue weighted by atomic mass is 10.2. The van der Waals surface area contributed by atoms with Gasteiger partial charge in [0.15, 0.2) is 0 Å². The number of hydrogen-bond donors (Lipinski definition) is 2. The molecule has 1 aromatic carbocycles. The first-order chi connectivity index (χ1) is 9.51. The van der Waals surface area contributed by atoms with Gasteiger partial charge in [0, 0.05) is 17.6 Å². The van der Waals surface area contributed by atoms with Crippen molar-refractivity contribution in [2.75, 3.05) is 25.1 Å². The van der Waals surface area contributed by atoms with Crippen molar-refractivity contribution >= 4 is 37.7 Å². The Morgan fingerprint density at radius 1 is 1.35 bits per heavy atom. The van der Waals surface area contributed by atoms with Gasteiger partial charge in [0.1, 0.15) is 0 Å². The molecule has 0 saturated carbocycles. The molecule has 114 valence electrons. The second kappa shape index (κ2) is 9.04. The Balaban J connectivity index is 2.81. The highest BCUT2D eigenvalue weighted by atomic mass is 79.9. The zero-order valence-corrected chi connectivity index (χ0v) is 15.0. The van der Waals surface area contributed by atoms with E-state index in [4.69, 9.17) is 0 Å². The van der Waals surface area contributed by atoms with Crippen molar-refractivity contribution in [3.63, 3.8) is 0 Å². The summed E-state index contributed by atoms with van der Waals surface area (Å²) >= 11 is 5.02. The van der Waals surface area contributed by atoms with E-state index in [9.17, 15) is 8.42 Å². The molecular weight excluding hydrogens is 360 g/mol. The zero-order chi connectivity index (χ0) is 15.0. The average Bonchev–Trinajstić information content (AvgIpc) is 2.42. The van der Waals surface area contributed by atoms with Gasteiger partial charge in [0.25, 0.3) is 0 Å². The number of benzene rings is 1. The third kappa shape index (κ3) is 5.73. The van der Waals surface area contributed by atoms with E-state index in [0.29, 0.717) is 22.5 Å². The molecule has 7 heteroatoms. The predicted octanol–water partition coefficient (Wildman–Crippen LogP) is 2.59. The fourth-order valence-corrected chi connectivity index (χ4v) is 4.15. The van der Waals surface area contributed by atoms with Crippen molar-refractivity contribution in [3.05, 3.63) is 28.2 Å². The van der Waals surface area contributed by atoms with Gasteiger partial charge in [-0.05, 0) is 58.6 Å². The highest BCUT2D eigenvalue weighted by Gasteiger charge is 2.17. The SMILES string of the molecule is CCNCc1ccc(Br)c(S(=O)(=O)NCCCSC)c1. The van der Waals surface area contributed by atoms with Gasteiger partial charge in [-0.25, -0.2) is 13.1 Å². The third-order valence-electron chi connectivity index (χ3n) is 2.68. The van der Waals surface area contributed by atoms with Crippen LogP contribution in [-0.2, 0) is 16.6 Å². The van der Waals surface area contributed by atoms with Gasteiger partial charge in [0.05, 0.1) is 4.90 Å². The van der Waals surface area contributed by atoms with E-state index < -0.39 is 10.0 Å². The van der Waals surface area contributed by atoms with Crippen LogP contribution in [0.5, 0.6) is 0 Å². The summed E-state index contributed by atoms with van der Waals surface area (Å²) in [5.41, 5.74) is 0.958.